The van der Waals surface area contributed by atoms with E-state index < -0.39 is 0 Å². The van der Waals surface area contributed by atoms with E-state index >= 15 is 0 Å². The molecule has 0 spiro atoms. The van der Waals surface area contributed by atoms with Crippen molar-refractivity contribution in [2.24, 2.45) is 0 Å². The maximum absolute atomic E-state index is 8.44. The van der Waals surface area contributed by atoms with Crippen molar-refractivity contribution < 1.29 is 4.74 Å². The van der Waals surface area contributed by atoms with Crippen LogP contribution in [0.15, 0.2) is 18.2 Å². The van der Waals surface area contributed by atoms with Gasteiger partial charge in [-0.1, -0.05) is 24.6 Å². The Morgan fingerprint density at radius 1 is 1.42 bits per heavy atom. The second kappa shape index (κ2) is 8.79. The summed E-state index contributed by atoms with van der Waals surface area (Å²) in [6, 6.07) is 8.29. The molecule has 0 aliphatic rings. The van der Waals surface area contributed by atoms with Gasteiger partial charge in [0.2, 0.25) is 0 Å². The molecule has 1 atom stereocenters. The van der Waals surface area contributed by atoms with Crippen molar-refractivity contribution in [2.45, 2.75) is 39.2 Å². The fraction of sp³-hybridized carbons (Fsp3) is 0.533. The normalized spacial score (nSPS) is 11.9. The number of rotatable bonds is 8. The van der Waals surface area contributed by atoms with E-state index in [0.717, 1.165) is 24.9 Å². The molecule has 0 fully saturated rings. The zero-order valence-corrected chi connectivity index (χ0v) is 12.3. The molecular formula is C15H21ClN2O. The predicted octanol–water partition coefficient (Wildman–Crippen LogP) is 4.08. The quantitative estimate of drug-likeness (QED) is 0.730. The van der Waals surface area contributed by atoms with Gasteiger partial charge in [-0.2, -0.15) is 5.26 Å². The van der Waals surface area contributed by atoms with Crippen LogP contribution in [0.2, 0.25) is 5.02 Å². The molecule has 19 heavy (non-hydrogen) atoms. The second-order valence-corrected chi connectivity index (χ2v) is 4.84. The predicted molar refractivity (Wildman–Crippen MR) is 78.5 cm³/mol. The third-order valence-electron chi connectivity index (χ3n) is 2.91. The number of hydrogen-bond acceptors (Lipinski definition) is 3. The first kappa shape index (κ1) is 15.8. The summed E-state index contributed by atoms with van der Waals surface area (Å²) in [6.07, 6.45) is 2.32. The van der Waals surface area contributed by atoms with E-state index in [1.807, 2.05) is 18.2 Å². The van der Waals surface area contributed by atoms with Crippen LogP contribution in [0.3, 0.4) is 0 Å². The molecule has 0 heterocycles. The number of ether oxygens (including phenoxy) is 1. The molecule has 0 aliphatic carbocycles. The lowest BCUT2D eigenvalue weighted by atomic mass is 10.1. The monoisotopic (exact) mass is 280 g/mol. The standard InChI is InChI=1S/C15H21ClN2O/c1-3-18-12(2)13-7-8-15(14(16)11-13)19-10-6-4-5-9-17/h7-8,11-12,18H,3-6,10H2,1-2H3. The molecule has 0 aromatic heterocycles. The highest BCUT2D eigenvalue weighted by Crippen LogP contribution is 2.28. The summed E-state index contributed by atoms with van der Waals surface area (Å²) >= 11 is 6.21. The van der Waals surface area contributed by atoms with E-state index in [-0.39, 0.29) is 6.04 Å². The van der Waals surface area contributed by atoms with E-state index in [2.05, 4.69) is 25.2 Å². The van der Waals surface area contributed by atoms with Crippen LogP contribution < -0.4 is 10.1 Å². The van der Waals surface area contributed by atoms with Gasteiger partial charge in [0.05, 0.1) is 17.7 Å². The summed E-state index contributed by atoms with van der Waals surface area (Å²) in [5.74, 6) is 0.714. The first-order valence-corrected chi connectivity index (χ1v) is 7.09. The largest absolute Gasteiger partial charge is 0.492 e. The molecule has 1 aromatic rings. The lowest BCUT2D eigenvalue weighted by molar-refractivity contribution is 0.307. The molecule has 3 nitrogen and oxygen atoms in total. The van der Waals surface area contributed by atoms with Crippen LogP contribution in [-0.2, 0) is 0 Å². The van der Waals surface area contributed by atoms with Gasteiger partial charge < -0.3 is 10.1 Å². The average molecular weight is 281 g/mol. The molecule has 4 heteroatoms. The highest BCUT2D eigenvalue weighted by atomic mass is 35.5. The Balaban J connectivity index is 2.50. The SMILES string of the molecule is CCNC(C)c1ccc(OCCCCC#N)c(Cl)c1. The zero-order valence-electron chi connectivity index (χ0n) is 11.6. The number of benzene rings is 1. The third kappa shape index (κ3) is 5.50. The summed E-state index contributed by atoms with van der Waals surface area (Å²) in [5.41, 5.74) is 1.16. The summed E-state index contributed by atoms with van der Waals surface area (Å²) in [6.45, 7) is 5.72. The molecule has 1 aromatic carbocycles. The Morgan fingerprint density at radius 3 is 2.84 bits per heavy atom. The van der Waals surface area contributed by atoms with Crippen molar-refractivity contribution in [3.05, 3.63) is 28.8 Å². The molecule has 1 N–H and O–H groups in total. The number of unbranched alkanes of at least 4 members (excludes halogenated alkanes) is 2. The maximum atomic E-state index is 8.44. The van der Waals surface area contributed by atoms with Crippen LogP contribution in [0.1, 0.15) is 44.7 Å². The minimum absolute atomic E-state index is 0.284. The van der Waals surface area contributed by atoms with E-state index in [0.29, 0.717) is 23.8 Å². The van der Waals surface area contributed by atoms with Gasteiger partial charge in [-0.3, -0.25) is 0 Å². The summed E-state index contributed by atoms with van der Waals surface area (Å²) in [4.78, 5) is 0. The van der Waals surface area contributed by atoms with E-state index in [1.165, 1.54) is 0 Å². The van der Waals surface area contributed by atoms with Gasteiger partial charge in [-0.05, 0) is 44.0 Å². The van der Waals surface area contributed by atoms with E-state index in [4.69, 9.17) is 21.6 Å². The van der Waals surface area contributed by atoms with Crippen molar-refractivity contribution in [3.63, 3.8) is 0 Å². The fourth-order valence-corrected chi connectivity index (χ4v) is 2.06. The molecule has 0 bridgehead atoms. The van der Waals surface area contributed by atoms with Gasteiger partial charge in [0.15, 0.2) is 0 Å². The van der Waals surface area contributed by atoms with Gasteiger partial charge in [0.25, 0.3) is 0 Å². The van der Waals surface area contributed by atoms with Crippen molar-refractivity contribution in [2.75, 3.05) is 13.2 Å². The molecule has 104 valence electrons. The molecule has 0 amide bonds. The van der Waals surface area contributed by atoms with Gasteiger partial charge in [-0.15, -0.1) is 0 Å². The van der Waals surface area contributed by atoms with Crippen molar-refractivity contribution >= 4 is 11.6 Å². The zero-order chi connectivity index (χ0) is 14.1. The Morgan fingerprint density at radius 2 is 2.21 bits per heavy atom. The molecule has 0 saturated heterocycles. The van der Waals surface area contributed by atoms with Gasteiger partial charge in [-0.25, -0.2) is 0 Å². The van der Waals surface area contributed by atoms with Gasteiger partial charge in [0, 0.05) is 12.5 Å². The summed E-state index contributed by atoms with van der Waals surface area (Å²) in [5, 5.41) is 12.4. The smallest absolute Gasteiger partial charge is 0.137 e. The van der Waals surface area contributed by atoms with Crippen LogP contribution in [0.5, 0.6) is 5.75 Å². The Kier molecular flexibility index (Phi) is 7.32. The lowest BCUT2D eigenvalue weighted by Gasteiger charge is -2.14. The Bertz CT molecular complexity index is 429. The number of halogens is 1. The summed E-state index contributed by atoms with van der Waals surface area (Å²) < 4.78 is 5.62. The third-order valence-corrected chi connectivity index (χ3v) is 3.20. The van der Waals surface area contributed by atoms with Crippen molar-refractivity contribution in [1.82, 2.24) is 5.32 Å². The first-order valence-electron chi connectivity index (χ1n) is 6.71. The number of nitriles is 1. The average Bonchev–Trinajstić information content (AvgIpc) is 2.40. The second-order valence-electron chi connectivity index (χ2n) is 4.43. The number of hydrogen-bond donors (Lipinski definition) is 1. The maximum Gasteiger partial charge on any atom is 0.137 e. The van der Waals surface area contributed by atoms with Crippen molar-refractivity contribution in [1.29, 1.82) is 5.26 Å². The minimum Gasteiger partial charge on any atom is -0.492 e. The van der Waals surface area contributed by atoms with E-state index in [1.54, 1.807) is 0 Å². The molecule has 1 rings (SSSR count). The minimum atomic E-state index is 0.284. The van der Waals surface area contributed by atoms with Crippen LogP contribution in [0.4, 0.5) is 0 Å². The highest BCUT2D eigenvalue weighted by Gasteiger charge is 2.07. The Labute approximate surface area is 120 Å². The van der Waals surface area contributed by atoms with Gasteiger partial charge in [0.1, 0.15) is 5.75 Å². The van der Waals surface area contributed by atoms with Gasteiger partial charge >= 0.3 is 0 Å². The molecule has 1 unspecified atom stereocenters. The lowest BCUT2D eigenvalue weighted by Crippen LogP contribution is -2.17. The van der Waals surface area contributed by atoms with E-state index in [9.17, 15) is 0 Å². The molecule has 0 saturated carbocycles. The highest BCUT2D eigenvalue weighted by molar-refractivity contribution is 6.32. The van der Waals surface area contributed by atoms with Crippen LogP contribution in [0, 0.1) is 11.3 Å². The number of nitrogens with one attached hydrogen (secondary N) is 1. The molecular weight excluding hydrogens is 260 g/mol. The summed E-state index contributed by atoms with van der Waals surface area (Å²) in [7, 11) is 0. The van der Waals surface area contributed by atoms with Crippen molar-refractivity contribution in [3.8, 4) is 11.8 Å². The van der Waals surface area contributed by atoms with Crippen LogP contribution in [-0.4, -0.2) is 13.2 Å². The number of nitrogens with zero attached hydrogens (tertiary/aromatic N) is 1. The first-order chi connectivity index (χ1) is 9.19. The molecule has 0 aliphatic heterocycles. The van der Waals surface area contributed by atoms with Crippen LogP contribution in [0.25, 0.3) is 0 Å². The Hall–Kier alpha value is -1.24. The molecule has 0 radical (unpaired) electrons. The topological polar surface area (TPSA) is 45.0 Å². The fourth-order valence-electron chi connectivity index (χ4n) is 1.82. The van der Waals surface area contributed by atoms with Crippen LogP contribution >= 0.6 is 11.6 Å².